The molecule has 1 N–H and O–H groups in total. The quantitative estimate of drug-likeness (QED) is 0.567. The lowest BCUT2D eigenvalue weighted by Gasteiger charge is -2.44. The van der Waals surface area contributed by atoms with E-state index in [1.807, 2.05) is 18.2 Å². The summed E-state index contributed by atoms with van der Waals surface area (Å²) in [4.78, 5) is 7.65. The third-order valence-electron chi connectivity index (χ3n) is 5.97. The molecule has 156 valence electrons. The van der Waals surface area contributed by atoms with Crippen LogP contribution in [-0.2, 0) is 20.9 Å². The summed E-state index contributed by atoms with van der Waals surface area (Å²) in [6.45, 7) is 7.30. The zero-order valence-corrected chi connectivity index (χ0v) is 17.3. The van der Waals surface area contributed by atoms with E-state index in [1.165, 1.54) is 0 Å². The molecule has 2 fully saturated rings. The lowest BCUT2D eigenvalue weighted by molar-refractivity contribution is 0.00617. The lowest BCUT2D eigenvalue weighted by Crippen LogP contribution is -2.54. The third kappa shape index (κ3) is 4.33. The van der Waals surface area contributed by atoms with Crippen LogP contribution in [0.3, 0.4) is 0 Å². The van der Waals surface area contributed by atoms with Crippen molar-refractivity contribution in [3.05, 3.63) is 29.3 Å². The summed E-state index contributed by atoms with van der Waals surface area (Å²) in [5.41, 5.74) is 2.08. The molecule has 1 atom stereocenters. The maximum absolute atomic E-state index is 9.58. The number of aliphatic hydroxyl groups excluding tert-OH is 1. The topological polar surface area (TPSA) is 72.8 Å². The second kappa shape index (κ2) is 9.22. The molecule has 7 nitrogen and oxygen atoms in total. The van der Waals surface area contributed by atoms with Crippen LogP contribution in [0.1, 0.15) is 37.8 Å². The highest BCUT2D eigenvalue weighted by atomic mass is 16.7. The average Bonchev–Trinajstić information content (AvgIpc) is 3.26. The Hall–Kier alpha value is -1.67. The number of nitrogens with zero attached hydrogens (tertiary/aromatic N) is 2. The molecule has 1 aromatic carbocycles. The van der Waals surface area contributed by atoms with E-state index in [2.05, 4.69) is 23.9 Å². The van der Waals surface area contributed by atoms with Crippen LogP contribution < -0.4 is 4.74 Å². The first kappa shape index (κ1) is 21.0. The highest BCUT2D eigenvalue weighted by Crippen LogP contribution is 2.33. The van der Waals surface area contributed by atoms with Crippen molar-refractivity contribution in [2.24, 2.45) is 11.1 Å². The molecule has 1 aromatic rings. The van der Waals surface area contributed by atoms with Gasteiger partial charge in [-0.3, -0.25) is 4.90 Å². The first-order chi connectivity index (χ1) is 13.5. The van der Waals surface area contributed by atoms with Crippen LogP contribution in [-0.4, -0.2) is 68.1 Å². The molecule has 0 saturated carbocycles. The van der Waals surface area contributed by atoms with E-state index in [4.69, 9.17) is 19.0 Å². The van der Waals surface area contributed by atoms with Crippen molar-refractivity contribution in [3.8, 4) is 5.75 Å². The summed E-state index contributed by atoms with van der Waals surface area (Å²) >= 11 is 0. The van der Waals surface area contributed by atoms with Gasteiger partial charge in [-0.1, -0.05) is 11.2 Å². The molecule has 3 rings (SSSR count). The Kier molecular flexibility index (Phi) is 6.93. The Morgan fingerprint density at radius 2 is 2.04 bits per heavy atom. The van der Waals surface area contributed by atoms with Crippen molar-refractivity contribution in [2.45, 2.75) is 44.9 Å². The van der Waals surface area contributed by atoms with Gasteiger partial charge in [0.15, 0.2) is 0 Å². The van der Waals surface area contributed by atoms with Gasteiger partial charge < -0.3 is 24.2 Å². The predicted octanol–water partition coefficient (Wildman–Crippen LogP) is 2.40. The maximum Gasteiger partial charge on any atom is 0.147 e. The number of benzene rings is 1. The number of piperidine rings is 1. The molecule has 1 unspecified atom stereocenters. The van der Waals surface area contributed by atoms with Gasteiger partial charge in [0.25, 0.3) is 0 Å². The van der Waals surface area contributed by atoms with Crippen molar-refractivity contribution in [3.63, 3.8) is 0 Å². The molecular formula is C21H32N2O5. The predicted molar refractivity (Wildman–Crippen MR) is 107 cm³/mol. The van der Waals surface area contributed by atoms with Crippen LogP contribution in [0.25, 0.3) is 0 Å². The fourth-order valence-electron chi connectivity index (χ4n) is 4.22. The standard InChI is InChI=1S/C21H32N2O5/c1-21(2,23-9-7-16(8-10-23)19-13-27-14-28-19)20(22-26-4)17-11-15(12-24)5-6-18(17)25-3/h5-6,11,16,19,24H,7-10,12-14H2,1-4H3. The van der Waals surface area contributed by atoms with Crippen molar-refractivity contribution in [1.82, 2.24) is 4.90 Å². The largest absolute Gasteiger partial charge is 0.496 e. The normalized spacial score (nSPS) is 22.5. The molecule has 2 heterocycles. The SMILES string of the molecule is CON=C(c1cc(CO)ccc1OC)C(C)(C)N1CCC(C2COCO2)CC1. The summed E-state index contributed by atoms with van der Waals surface area (Å²) < 4.78 is 16.6. The van der Waals surface area contributed by atoms with E-state index in [-0.39, 0.29) is 18.2 Å². The zero-order valence-electron chi connectivity index (χ0n) is 17.3. The fraction of sp³-hybridized carbons (Fsp3) is 0.667. The Balaban J connectivity index is 1.82. The van der Waals surface area contributed by atoms with Crippen LogP contribution >= 0.6 is 0 Å². The van der Waals surface area contributed by atoms with E-state index in [0.29, 0.717) is 25.1 Å². The number of methoxy groups -OCH3 is 1. The number of hydrogen-bond donors (Lipinski definition) is 1. The van der Waals surface area contributed by atoms with E-state index >= 15 is 0 Å². The molecule has 0 amide bonds. The van der Waals surface area contributed by atoms with Crippen LogP contribution in [0.4, 0.5) is 0 Å². The smallest absolute Gasteiger partial charge is 0.147 e. The maximum atomic E-state index is 9.58. The van der Waals surface area contributed by atoms with Gasteiger partial charge in [-0.2, -0.15) is 0 Å². The van der Waals surface area contributed by atoms with Gasteiger partial charge in [-0.15, -0.1) is 0 Å². The van der Waals surface area contributed by atoms with Crippen LogP contribution in [0.15, 0.2) is 23.4 Å². The second-order valence-electron chi connectivity index (χ2n) is 7.89. The minimum atomic E-state index is -0.366. The van der Waals surface area contributed by atoms with Crippen molar-refractivity contribution < 1.29 is 24.2 Å². The minimum absolute atomic E-state index is 0.0352. The number of likely N-dealkylation sites (tertiary alicyclic amines) is 1. The van der Waals surface area contributed by atoms with Gasteiger partial charge in [0, 0.05) is 5.56 Å². The number of ether oxygens (including phenoxy) is 3. The molecule has 2 saturated heterocycles. The molecule has 0 aliphatic carbocycles. The molecular weight excluding hydrogens is 360 g/mol. The summed E-state index contributed by atoms with van der Waals surface area (Å²) in [6, 6.07) is 5.65. The Morgan fingerprint density at radius 3 is 2.61 bits per heavy atom. The third-order valence-corrected chi connectivity index (χ3v) is 5.97. The highest BCUT2D eigenvalue weighted by molar-refractivity contribution is 6.08. The van der Waals surface area contributed by atoms with Crippen molar-refractivity contribution in [2.75, 3.05) is 40.7 Å². The monoisotopic (exact) mass is 392 g/mol. The van der Waals surface area contributed by atoms with Crippen LogP contribution in [0, 0.1) is 5.92 Å². The molecule has 2 aliphatic heterocycles. The fourth-order valence-corrected chi connectivity index (χ4v) is 4.22. The number of hydrogen-bond acceptors (Lipinski definition) is 7. The zero-order chi connectivity index (χ0) is 20.1. The Morgan fingerprint density at radius 1 is 1.29 bits per heavy atom. The van der Waals surface area contributed by atoms with Gasteiger partial charge in [0.05, 0.1) is 32.0 Å². The molecule has 0 aromatic heterocycles. The molecule has 28 heavy (non-hydrogen) atoms. The number of oxime groups is 1. The van der Waals surface area contributed by atoms with Gasteiger partial charge in [-0.25, -0.2) is 0 Å². The molecule has 0 bridgehead atoms. The summed E-state index contributed by atoms with van der Waals surface area (Å²) in [5.74, 6) is 1.25. The van der Waals surface area contributed by atoms with Gasteiger partial charge in [0.2, 0.25) is 0 Å². The van der Waals surface area contributed by atoms with Crippen LogP contribution in [0.2, 0.25) is 0 Å². The first-order valence-electron chi connectivity index (χ1n) is 9.85. The summed E-state index contributed by atoms with van der Waals surface area (Å²) in [6.07, 6.45) is 2.34. The highest BCUT2D eigenvalue weighted by Gasteiger charge is 2.39. The summed E-state index contributed by atoms with van der Waals surface area (Å²) in [5, 5.41) is 14.0. The molecule has 0 spiro atoms. The first-order valence-corrected chi connectivity index (χ1v) is 9.85. The second-order valence-corrected chi connectivity index (χ2v) is 7.89. The van der Waals surface area contributed by atoms with Gasteiger partial charge >= 0.3 is 0 Å². The van der Waals surface area contributed by atoms with E-state index < -0.39 is 0 Å². The number of rotatable bonds is 7. The average molecular weight is 392 g/mol. The van der Waals surface area contributed by atoms with Gasteiger partial charge in [0.1, 0.15) is 25.4 Å². The van der Waals surface area contributed by atoms with E-state index in [0.717, 1.165) is 42.8 Å². The van der Waals surface area contributed by atoms with Gasteiger partial charge in [-0.05, 0) is 63.4 Å². The molecule has 0 radical (unpaired) electrons. The Bertz CT molecular complexity index is 677. The van der Waals surface area contributed by atoms with E-state index in [1.54, 1.807) is 14.2 Å². The van der Waals surface area contributed by atoms with Crippen LogP contribution in [0.5, 0.6) is 5.75 Å². The van der Waals surface area contributed by atoms with E-state index in [9.17, 15) is 5.11 Å². The van der Waals surface area contributed by atoms with Crippen molar-refractivity contribution in [1.29, 1.82) is 0 Å². The molecule has 7 heteroatoms. The Labute approximate surface area is 167 Å². The summed E-state index contributed by atoms with van der Waals surface area (Å²) in [7, 11) is 3.20. The number of aliphatic hydroxyl groups is 1. The van der Waals surface area contributed by atoms with Crippen molar-refractivity contribution >= 4 is 5.71 Å². The minimum Gasteiger partial charge on any atom is -0.496 e. The lowest BCUT2D eigenvalue weighted by atomic mass is 9.84. The molecule has 2 aliphatic rings.